The zero-order valence-corrected chi connectivity index (χ0v) is 24.7. The van der Waals surface area contributed by atoms with Crippen molar-refractivity contribution in [2.75, 3.05) is 13.2 Å². The van der Waals surface area contributed by atoms with Crippen molar-refractivity contribution in [1.29, 1.82) is 0 Å². The number of ketones is 1. The average molecular weight is 553 g/mol. The molecular formula is C32H56O7. The summed E-state index contributed by atoms with van der Waals surface area (Å²) in [6.07, 6.45) is 19.3. The van der Waals surface area contributed by atoms with Gasteiger partial charge >= 0.3 is 11.9 Å². The maximum atomic E-state index is 12.4. The standard InChI is InChI=1S/C32H56O7/c1-3-5-7-8-9-10-15-19-31(36)38-23-24-39-32(37)20-16-12-11-14-18-27-28(30(35)25-29(27)34)22-21-26(33)17-13-6-4-2/h21-22,26-28,30,33,35H,3-20,23-25H2,1-2H3/b22-21+/t26-,27+,28+,30+/m0/s1. The van der Waals surface area contributed by atoms with Crippen molar-refractivity contribution < 1.29 is 34.1 Å². The second-order valence-electron chi connectivity index (χ2n) is 11.1. The number of carbonyl (C=O) groups excluding carboxylic acids is 3. The second kappa shape index (κ2) is 23.0. The van der Waals surface area contributed by atoms with E-state index in [0.29, 0.717) is 32.1 Å². The minimum atomic E-state index is -0.670. The van der Waals surface area contributed by atoms with Crippen LogP contribution in [-0.2, 0) is 23.9 Å². The SMILES string of the molecule is CCCCCCCCCC(=O)OCCOC(=O)CCCCCC[C@H]1C(=O)C[C@@H](O)[C@@H]1/C=C/[C@@H](O)CCCCC. The third kappa shape index (κ3) is 17.5. The highest BCUT2D eigenvalue weighted by atomic mass is 16.6. The van der Waals surface area contributed by atoms with Gasteiger partial charge in [0.25, 0.3) is 0 Å². The Labute approximate surface area is 237 Å². The Morgan fingerprint density at radius 1 is 0.821 bits per heavy atom. The largest absolute Gasteiger partial charge is 0.462 e. The van der Waals surface area contributed by atoms with Crippen LogP contribution in [0.25, 0.3) is 0 Å². The molecule has 0 aromatic heterocycles. The van der Waals surface area contributed by atoms with Gasteiger partial charge in [-0.3, -0.25) is 14.4 Å². The first kappa shape index (κ1) is 35.3. The van der Waals surface area contributed by atoms with E-state index < -0.39 is 12.2 Å². The molecule has 0 spiro atoms. The van der Waals surface area contributed by atoms with Gasteiger partial charge in [-0.25, -0.2) is 0 Å². The van der Waals surface area contributed by atoms with Crippen molar-refractivity contribution in [1.82, 2.24) is 0 Å². The first-order valence-corrected chi connectivity index (χ1v) is 15.8. The van der Waals surface area contributed by atoms with E-state index in [4.69, 9.17) is 9.47 Å². The summed E-state index contributed by atoms with van der Waals surface area (Å²) in [7, 11) is 0. The molecule has 0 amide bonds. The molecule has 1 aliphatic rings. The number of carbonyl (C=O) groups is 3. The fraction of sp³-hybridized carbons (Fsp3) is 0.844. The number of aliphatic hydroxyl groups excluding tert-OH is 2. The van der Waals surface area contributed by atoms with E-state index in [1.54, 1.807) is 6.08 Å². The summed E-state index contributed by atoms with van der Waals surface area (Å²) in [5.41, 5.74) is 0. The van der Waals surface area contributed by atoms with Gasteiger partial charge in [-0.05, 0) is 25.7 Å². The molecule has 1 aliphatic carbocycles. The summed E-state index contributed by atoms with van der Waals surface area (Å²) in [5, 5.41) is 20.5. The highest BCUT2D eigenvalue weighted by Crippen LogP contribution is 2.34. The summed E-state index contributed by atoms with van der Waals surface area (Å²) in [5.74, 6) is -0.830. The Hall–Kier alpha value is -1.73. The van der Waals surface area contributed by atoms with E-state index in [-0.39, 0.29) is 49.2 Å². The third-order valence-corrected chi connectivity index (χ3v) is 7.63. The number of hydrogen-bond donors (Lipinski definition) is 2. The predicted octanol–water partition coefficient (Wildman–Crippen LogP) is 6.62. The van der Waals surface area contributed by atoms with Gasteiger partial charge in [-0.1, -0.05) is 103 Å². The van der Waals surface area contributed by atoms with Crippen molar-refractivity contribution >= 4 is 17.7 Å². The molecule has 0 aromatic rings. The van der Waals surface area contributed by atoms with Gasteiger partial charge in [0.1, 0.15) is 19.0 Å². The van der Waals surface area contributed by atoms with Gasteiger partial charge in [-0.2, -0.15) is 0 Å². The quantitative estimate of drug-likeness (QED) is 0.0787. The van der Waals surface area contributed by atoms with E-state index in [0.717, 1.165) is 57.8 Å². The van der Waals surface area contributed by atoms with Crippen LogP contribution < -0.4 is 0 Å². The molecule has 7 heteroatoms. The van der Waals surface area contributed by atoms with Gasteiger partial charge < -0.3 is 19.7 Å². The number of esters is 2. The predicted molar refractivity (Wildman–Crippen MR) is 154 cm³/mol. The zero-order chi connectivity index (χ0) is 28.7. The molecule has 1 saturated carbocycles. The third-order valence-electron chi connectivity index (χ3n) is 7.63. The number of aliphatic hydroxyl groups is 2. The Morgan fingerprint density at radius 3 is 1.92 bits per heavy atom. The molecule has 226 valence electrons. The van der Waals surface area contributed by atoms with Gasteiger partial charge in [0.2, 0.25) is 0 Å². The molecule has 0 heterocycles. The minimum Gasteiger partial charge on any atom is -0.462 e. The van der Waals surface area contributed by atoms with E-state index in [2.05, 4.69) is 13.8 Å². The molecule has 0 radical (unpaired) electrons. The summed E-state index contributed by atoms with van der Waals surface area (Å²) in [4.78, 5) is 36.1. The molecule has 1 rings (SSSR count). The lowest BCUT2D eigenvalue weighted by molar-refractivity contribution is -0.152. The van der Waals surface area contributed by atoms with E-state index in [9.17, 15) is 24.6 Å². The maximum Gasteiger partial charge on any atom is 0.305 e. The molecule has 39 heavy (non-hydrogen) atoms. The number of hydrogen-bond acceptors (Lipinski definition) is 7. The molecular weight excluding hydrogens is 496 g/mol. The van der Waals surface area contributed by atoms with E-state index in [1.807, 2.05) is 6.08 Å². The van der Waals surface area contributed by atoms with E-state index >= 15 is 0 Å². The molecule has 0 unspecified atom stereocenters. The monoisotopic (exact) mass is 552 g/mol. The van der Waals surface area contributed by atoms with Crippen LogP contribution in [0.5, 0.6) is 0 Å². The second-order valence-corrected chi connectivity index (χ2v) is 11.1. The van der Waals surface area contributed by atoms with Gasteiger partial charge in [0, 0.05) is 31.1 Å². The summed E-state index contributed by atoms with van der Waals surface area (Å²) < 4.78 is 10.3. The van der Waals surface area contributed by atoms with Crippen LogP contribution in [0.15, 0.2) is 12.2 Å². The highest BCUT2D eigenvalue weighted by Gasteiger charge is 2.39. The number of Topliss-reactive ketones (excluding diaryl/α,β-unsaturated/α-hetero) is 1. The molecule has 0 aliphatic heterocycles. The van der Waals surface area contributed by atoms with Crippen LogP contribution in [-0.4, -0.2) is 53.4 Å². The fourth-order valence-electron chi connectivity index (χ4n) is 5.22. The number of ether oxygens (including phenoxy) is 2. The Balaban J connectivity index is 2.08. The topological polar surface area (TPSA) is 110 Å². The van der Waals surface area contributed by atoms with E-state index in [1.165, 1.54) is 25.7 Å². The lowest BCUT2D eigenvalue weighted by Crippen LogP contribution is -2.19. The van der Waals surface area contributed by atoms with Crippen LogP contribution in [0, 0.1) is 11.8 Å². The van der Waals surface area contributed by atoms with Crippen molar-refractivity contribution in [2.24, 2.45) is 11.8 Å². The summed E-state index contributed by atoms with van der Waals surface area (Å²) in [6, 6.07) is 0. The van der Waals surface area contributed by atoms with Crippen molar-refractivity contribution in [3.8, 4) is 0 Å². The first-order chi connectivity index (χ1) is 18.9. The Morgan fingerprint density at radius 2 is 1.33 bits per heavy atom. The van der Waals surface area contributed by atoms with Gasteiger partial charge in [0.05, 0.1) is 12.2 Å². The molecule has 1 fully saturated rings. The smallest absolute Gasteiger partial charge is 0.305 e. The molecule has 0 aromatic carbocycles. The lowest BCUT2D eigenvalue weighted by Gasteiger charge is -2.18. The number of unbranched alkanes of at least 4 members (excludes halogenated alkanes) is 11. The van der Waals surface area contributed by atoms with Crippen LogP contribution in [0.3, 0.4) is 0 Å². The first-order valence-electron chi connectivity index (χ1n) is 15.8. The Kier molecular flexibility index (Phi) is 20.8. The van der Waals surface area contributed by atoms with Gasteiger partial charge in [-0.15, -0.1) is 0 Å². The minimum absolute atomic E-state index is 0.0932. The fourth-order valence-corrected chi connectivity index (χ4v) is 5.22. The van der Waals surface area contributed by atoms with Crippen LogP contribution in [0.1, 0.15) is 136 Å². The van der Waals surface area contributed by atoms with Crippen LogP contribution >= 0.6 is 0 Å². The van der Waals surface area contributed by atoms with Crippen LogP contribution in [0.4, 0.5) is 0 Å². The Bertz CT molecular complexity index is 690. The van der Waals surface area contributed by atoms with Crippen molar-refractivity contribution in [3.63, 3.8) is 0 Å². The highest BCUT2D eigenvalue weighted by molar-refractivity contribution is 5.84. The molecule has 0 bridgehead atoms. The average Bonchev–Trinajstić information content (AvgIpc) is 3.18. The molecule has 7 nitrogen and oxygen atoms in total. The zero-order valence-electron chi connectivity index (χ0n) is 24.7. The summed E-state index contributed by atoms with van der Waals surface area (Å²) >= 11 is 0. The van der Waals surface area contributed by atoms with Gasteiger partial charge in [0.15, 0.2) is 0 Å². The lowest BCUT2D eigenvalue weighted by atomic mass is 9.88. The van der Waals surface area contributed by atoms with Crippen molar-refractivity contribution in [3.05, 3.63) is 12.2 Å². The maximum absolute atomic E-state index is 12.4. The van der Waals surface area contributed by atoms with Crippen LogP contribution in [0.2, 0.25) is 0 Å². The molecule has 4 atom stereocenters. The normalized spacial score (nSPS) is 20.0. The summed E-state index contributed by atoms with van der Waals surface area (Å²) in [6.45, 7) is 4.52. The van der Waals surface area contributed by atoms with Crippen molar-refractivity contribution in [2.45, 2.75) is 148 Å². The molecule has 0 saturated heterocycles. The molecule has 2 N–H and O–H groups in total. The number of rotatable bonds is 24.